The second kappa shape index (κ2) is 24.5. The third-order valence-electron chi connectivity index (χ3n) is 9.91. The second-order valence-electron chi connectivity index (χ2n) is 14.6. The lowest BCUT2D eigenvalue weighted by molar-refractivity contribution is -0.152. The molecule has 0 fully saturated rings. The first-order valence-corrected chi connectivity index (χ1v) is 27.7. The quantitative estimate of drug-likeness (QED) is 0.0632. The van der Waals surface area contributed by atoms with E-state index >= 15 is 0 Å². The van der Waals surface area contributed by atoms with Crippen LogP contribution >= 0.6 is 53.4 Å². The number of thioether (sulfide) groups is 2. The highest BCUT2D eigenvalue weighted by Crippen LogP contribution is 2.52. The number of benzene rings is 8. The van der Waals surface area contributed by atoms with Crippen molar-refractivity contribution >= 4 is 80.1 Å². The molecule has 9 aromatic rings. The number of aliphatic carboxylic acids is 1. The van der Waals surface area contributed by atoms with Crippen molar-refractivity contribution in [2.75, 3.05) is 0 Å². The minimum atomic E-state index is -4.20. The Hall–Kier alpha value is -5.82. The van der Waals surface area contributed by atoms with Crippen molar-refractivity contribution in [2.24, 2.45) is 0 Å². The fourth-order valence-electron chi connectivity index (χ4n) is 6.58. The van der Waals surface area contributed by atoms with Gasteiger partial charge >= 0.3 is 11.2 Å². The average molecular weight is 1010 g/mol. The van der Waals surface area contributed by atoms with Crippen LogP contribution in [0.3, 0.4) is 0 Å². The van der Waals surface area contributed by atoms with Gasteiger partial charge in [0.25, 0.3) is 10.1 Å². The molecule has 0 radical (unpaired) electrons. The van der Waals surface area contributed by atoms with E-state index in [1.165, 1.54) is 60.7 Å². The molecule has 0 aliphatic carbocycles. The molecule has 13 heteroatoms. The minimum absolute atomic E-state index is 0.00826. The van der Waals surface area contributed by atoms with E-state index in [0.29, 0.717) is 0 Å². The van der Waals surface area contributed by atoms with Gasteiger partial charge in [0.05, 0.1) is 14.4 Å². The molecule has 342 valence electrons. The van der Waals surface area contributed by atoms with Crippen LogP contribution in [0.15, 0.2) is 261 Å². The van der Waals surface area contributed by atoms with E-state index in [2.05, 4.69) is 158 Å². The van der Waals surface area contributed by atoms with Crippen LogP contribution in [0.5, 0.6) is 0 Å². The number of halogens is 2. The molecule has 9 rings (SSSR count). The number of rotatable bonds is 14. The predicted octanol–water partition coefficient (Wildman–Crippen LogP) is 15.5. The summed E-state index contributed by atoms with van der Waals surface area (Å²) < 4.78 is 58.4. The van der Waals surface area contributed by atoms with E-state index < -0.39 is 28.5 Å². The number of hydrogen-bond donors (Lipinski definition) is 2. The van der Waals surface area contributed by atoms with Crippen LogP contribution in [0.4, 0.5) is 8.78 Å². The lowest BCUT2D eigenvalue weighted by atomic mass is 10.00. The number of thiophene rings is 1. The molecule has 0 saturated carbocycles. The third kappa shape index (κ3) is 14.6. The minimum Gasteiger partial charge on any atom is -0.476 e. The SMILES string of the molecule is O=C(O)C(F)(F)Sc1ccccc1.O=S(=O)(O)c1ccc(C(Sc2cccs2)c2ccc(-c3ccccc3)cc2)cc1.c1ccc(-c2ccc(SP(c3ccccc3)c3ccccc3)cc2)cc1. The number of carboxylic acids is 1. The van der Waals surface area contributed by atoms with Crippen molar-refractivity contribution in [3.05, 3.63) is 253 Å². The normalized spacial score (nSPS) is 11.6. The van der Waals surface area contributed by atoms with Gasteiger partial charge in [0.1, 0.15) is 0 Å². The summed E-state index contributed by atoms with van der Waals surface area (Å²) in [7, 11) is -4.68. The highest BCUT2D eigenvalue weighted by atomic mass is 32.7. The van der Waals surface area contributed by atoms with Crippen LogP contribution in [0.2, 0.25) is 0 Å². The number of alkyl halides is 2. The van der Waals surface area contributed by atoms with Gasteiger partial charge in [0, 0.05) is 16.9 Å². The lowest BCUT2D eigenvalue weighted by Crippen LogP contribution is -2.23. The molecule has 0 bridgehead atoms. The Kier molecular flexibility index (Phi) is 18.0. The van der Waals surface area contributed by atoms with Gasteiger partial charge in [-0.1, -0.05) is 206 Å². The summed E-state index contributed by atoms with van der Waals surface area (Å²) in [5.41, 5.74) is 6.94. The molecule has 68 heavy (non-hydrogen) atoms. The molecule has 8 aromatic carbocycles. The standard InChI is InChI=1S/C24H19PS.C23H18O3S3.C8H6F2O2S/c1-4-10-20(11-5-1)21-16-18-24(19-17-21)26-25(22-12-6-2-7-13-22)23-14-8-3-9-15-23;24-29(25,26)21-14-12-20(13-15-21)23(28-22-7-4-16-27-22)19-10-8-18(9-11-19)17-5-2-1-3-6-17;9-8(10,7(11)12)13-6-4-2-1-3-5-6/h1-19H;1-16,23H,(H,24,25,26);1-5H,(H,11,12). The van der Waals surface area contributed by atoms with Gasteiger partial charge in [0.2, 0.25) is 0 Å². The molecule has 5 nitrogen and oxygen atoms in total. The summed E-state index contributed by atoms with van der Waals surface area (Å²) in [5.74, 6) is -2.12. The molecule has 0 aliphatic rings. The summed E-state index contributed by atoms with van der Waals surface area (Å²) >= 11 is 5.38. The van der Waals surface area contributed by atoms with E-state index in [1.807, 2.05) is 41.0 Å². The van der Waals surface area contributed by atoms with Gasteiger partial charge in [-0.05, 0) is 104 Å². The number of carbonyl (C=O) groups is 1. The van der Waals surface area contributed by atoms with Crippen molar-refractivity contribution in [2.45, 2.75) is 29.4 Å². The van der Waals surface area contributed by atoms with Crippen LogP contribution < -0.4 is 10.6 Å². The van der Waals surface area contributed by atoms with Crippen molar-refractivity contribution in [3.8, 4) is 22.3 Å². The Morgan fingerprint density at radius 2 is 0.926 bits per heavy atom. The molecule has 0 aliphatic heterocycles. The van der Waals surface area contributed by atoms with Gasteiger partial charge in [-0.25, -0.2) is 4.79 Å². The topological polar surface area (TPSA) is 91.7 Å². The average Bonchev–Trinajstić information content (AvgIpc) is 3.90. The van der Waals surface area contributed by atoms with E-state index in [-0.39, 0.29) is 26.8 Å². The van der Waals surface area contributed by atoms with Crippen LogP contribution in [0, 0.1) is 0 Å². The number of carboxylic acid groups (broad SMARTS) is 1. The van der Waals surface area contributed by atoms with Gasteiger partial charge < -0.3 is 5.11 Å². The highest BCUT2D eigenvalue weighted by Gasteiger charge is 2.40. The van der Waals surface area contributed by atoms with Gasteiger partial charge in [-0.3, -0.25) is 4.55 Å². The highest BCUT2D eigenvalue weighted by molar-refractivity contribution is 8.60. The van der Waals surface area contributed by atoms with E-state index in [1.54, 1.807) is 53.4 Å². The lowest BCUT2D eigenvalue weighted by Gasteiger charge is -2.18. The zero-order valence-corrected chi connectivity index (χ0v) is 41.0. The smallest absolute Gasteiger partial charge is 0.393 e. The van der Waals surface area contributed by atoms with Crippen molar-refractivity contribution < 1.29 is 31.7 Å². The summed E-state index contributed by atoms with van der Waals surface area (Å²) in [6.45, 7) is 0. The molecule has 1 unspecified atom stereocenters. The van der Waals surface area contributed by atoms with E-state index in [4.69, 9.17) is 5.11 Å². The molecule has 1 atom stereocenters. The second-order valence-corrected chi connectivity index (χ2v) is 23.5. The fraction of sp³-hybridized carbons (Fsp3) is 0.0364. The van der Waals surface area contributed by atoms with Gasteiger partial charge in [0.15, 0.2) is 0 Å². The third-order valence-corrected chi connectivity index (χ3v) is 18.7. The summed E-state index contributed by atoms with van der Waals surface area (Å²) in [6.07, 6.45) is 0. The monoisotopic (exact) mass is 1010 g/mol. The van der Waals surface area contributed by atoms with Gasteiger partial charge in [-0.2, -0.15) is 17.2 Å². The van der Waals surface area contributed by atoms with Crippen LogP contribution in [0.25, 0.3) is 22.3 Å². The van der Waals surface area contributed by atoms with Crippen molar-refractivity contribution in [1.82, 2.24) is 0 Å². The largest absolute Gasteiger partial charge is 0.476 e. The van der Waals surface area contributed by atoms with E-state index in [9.17, 15) is 26.5 Å². The first kappa shape index (κ1) is 50.1. The summed E-state index contributed by atoms with van der Waals surface area (Å²) in [4.78, 5) is 11.5. The first-order chi connectivity index (χ1) is 32.9. The molecular formula is C55H43F2O5PS5. The molecule has 0 saturated heterocycles. The predicted molar refractivity (Wildman–Crippen MR) is 282 cm³/mol. The number of hydrogen-bond acceptors (Lipinski definition) is 7. The molecule has 0 amide bonds. The van der Waals surface area contributed by atoms with Crippen LogP contribution in [-0.2, 0) is 14.9 Å². The Morgan fingerprint density at radius 1 is 0.515 bits per heavy atom. The fourth-order valence-corrected chi connectivity index (χ4v) is 14.1. The zero-order chi connectivity index (χ0) is 47.8. The Morgan fingerprint density at radius 3 is 1.35 bits per heavy atom. The van der Waals surface area contributed by atoms with Crippen LogP contribution in [-0.4, -0.2) is 29.3 Å². The maximum absolute atomic E-state index is 12.6. The van der Waals surface area contributed by atoms with Crippen molar-refractivity contribution in [1.29, 1.82) is 0 Å². The summed E-state index contributed by atoms with van der Waals surface area (Å²) in [6, 6.07) is 78.0. The molecular weight excluding hydrogens is 970 g/mol. The molecule has 2 N–H and O–H groups in total. The van der Waals surface area contributed by atoms with Gasteiger partial charge in [-0.15, -0.1) is 23.1 Å². The Balaban J connectivity index is 0.000000162. The zero-order valence-electron chi connectivity index (χ0n) is 36.0. The van der Waals surface area contributed by atoms with Crippen LogP contribution in [0.1, 0.15) is 16.4 Å². The Labute approximate surface area is 413 Å². The maximum atomic E-state index is 12.6. The van der Waals surface area contributed by atoms with E-state index in [0.717, 1.165) is 16.7 Å². The maximum Gasteiger partial charge on any atom is 0.393 e. The summed E-state index contributed by atoms with van der Waals surface area (Å²) in [5, 5.41) is 9.21. The van der Waals surface area contributed by atoms with Crippen molar-refractivity contribution in [3.63, 3.8) is 0 Å². The first-order valence-electron chi connectivity index (χ1n) is 20.9. The Bertz CT molecular complexity index is 2990. The molecule has 1 heterocycles. The molecule has 1 aromatic heterocycles. The molecule has 0 spiro atoms.